The van der Waals surface area contributed by atoms with Crippen molar-refractivity contribution >= 4 is 44.9 Å². The Hall–Kier alpha value is -4.37. The zero-order valence-electron chi connectivity index (χ0n) is 21.3. The SMILES string of the molecule is O=C(CC1CCCCC1)Nc1cncc(-c2cc3c(-c4cc5c(-c6ccsc6)ccnc5[nH]4)n[nH]c3cn2)c1. The van der Waals surface area contributed by atoms with Gasteiger partial charge in [-0.2, -0.15) is 16.4 Å². The number of hydrogen-bond acceptors (Lipinski definition) is 6. The van der Waals surface area contributed by atoms with Gasteiger partial charge in [-0.3, -0.25) is 19.9 Å². The van der Waals surface area contributed by atoms with Crippen LogP contribution in [0.1, 0.15) is 38.5 Å². The van der Waals surface area contributed by atoms with Gasteiger partial charge in [0.1, 0.15) is 11.3 Å². The second-order valence-corrected chi connectivity index (χ2v) is 11.0. The van der Waals surface area contributed by atoms with Gasteiger partial charge in [0.2, 0.25) is 5.91 Å². The summed E-state index contributed by atoms with van der Waals surface area (Å²) >= 11 is 1.68. The lowest BCUT2D eigenvalue weighted by molar-refractivity contribution is -0.117. The Morgan fingerprint density at radius 3 is 2.79 bits per heavy atom. The summed E-state index contributed by atoms with van der Waals surface area (Å²) in [5, 5.41) is 17.0. The molecule has 1 aliphatic rings. The van der Waals surface area contributed by atoms with Crippen LogP contribution in [0.2, 0.25) is 0 Å². The molecule has 7 rings (SSSR count). The first-order valence-corrected chi connectivity index (χ1v) is 14.3. The van der Waals surface area contributed by atoms with E-state index in [1.807, 2.05) is 24.4 Å². The average molecular weight is 534 g/mol. The van der Waals surface area contributed by atoms with E-state index in [9.17, 15) is 4.79 Å². The molecule has 8 nitrogen and oxygen atoms in total. The highest BCUT2D eigenvalue weighted by atomic mass is 32.1. The van der Waals surface area contributed by atoms with Gasteiger partial charge in [0.05, 0.1) is 35.0 Å². The van der Waals surface area contributed by atoms with Gasteiger partial charge in [0.15, 0.2) is 0 Å². The first-order chi connectivity index (χ1) is 19.2. The summed E-state index contributed by atoms with van der Waals surface area (Å²) in [4.78, 5) is 29.7. The van der Waals surface area contributed by atoms with Crippen LogP contribution in [0, 0.1) is 5.92 Å². The molecule has 6 heterocycles. The highest BCUT2D eigenvalue weighted by Gasteiger charge is 2.18. The van der Waals surface area contributed by atoms with Crippen LogP contribution in [-0.2, 0) is 4.79 Å². The number of nitrogens with zero attached hydrogens (tertiary/aromatic N) is 4. The van der Waals surface area contributed by atoms with E-state index in [4.69, 9.17) is 0 Å². The lowest BCUT2D eigenvalue weighted by atomic mass is 9.87. The van der Waals surface area contributed by atoms with Crippen molar-refractivity contribution in [3.63, 3.8) is 0 Å². The maximum Gasteiger partial charge on any atom is 0.224 e. The summed E-state index contributed by atoms with van der Waals surface area (Å²) < 4.78 is 0. The molecular formula is C30H27N7OS. The maximum atomic E-state index is 12.7. The van der Waals surface area contributed by atoms with Crippen LogP contribution in [0.25, 0.3) is 55.7 Å². The fraction of sp³-hybridized carbons (Fsp3) is 0.233. The average Bonchev–Trinajstić information content (AvgIpc) is 3.73. The molecule has 0 bridgehead atoms. The topological polar surface area (TPSA) is 112 Å². The third kappa shape index (κ3) is 4.70. The van der Waals surface area contributed by atoms with E-state index < -0.39 is 0 Å². The number of aromatic nitrogens is 6. The Morgan fingerprint density at radius 2 is 1.92 bits per heavy atom. The predicted octanol–water partition coefficient (Wildman–Crippen LogP) is 7.20. The number of carbonyl (C=O) groups excluding carboxylic acids is 1. The second-order valence-electron chi connectivity index (χ2n) is 10.2. The third-order valence-corrected chi connectivity index (χ3v) is 8.27. The molecule has 1 saturated carbocycles. The van der Waals surface area contributed by atoms with Crippen LogP contribution in [0.3, 0.4) is 0 Å². The zero-order chi connectivity index (χ0) is 26.2. The molecule has 0 spiro atoms. The standard InChI is InChI=1S/C30H27N7OS/c38-28(10-18-4-2-1-3-5-18)34-21-11-20(14-31-15-21)25-13-24-27(16-33-25)36-37-29(24)26-12-23-22(19-7-9-39-17-19)6-8-32-30(23)35-26/h6-9,11-18H,1-5,10H2,(H,32,35)(H,34,38)(H,36,37). The number of pyridine rings is 3. The van der Waals surface area contributed by atoms with Gasteiger partial charge in [-0.15, -0.1) is 0 Å². The lowest BCUT2D eigenvalue weighted by Crippen LogP contribution is -2.18. The molecule has 39 heavy (non-hydrogen) atoms. The molecule has 6 aromatic heterocycles. The summed E-state index contributed by atoms with van der Waals surface area (Å²) in [5.41, 5.74) is 7.92. The number of amides is 1. The molecule has 1 fully saturated rings. The van der Waals surface area contributed by atoms with Crippen molar-refractivity contribution in [1.29, 1.82) is 0 Å². The first kappa shape index (κ1) is 23.7. The molecular weight excluding hydrogens is 506 g/mol. The molecule has 0 saturated heterocycles. The number of anilines is 1. The minimum Gasteiger partial charge on any atom is -0.338 e. The van der Waals surface area contributed by atoms with Crippen molar-refractivity contribution in [1.82, 2.24) is 30.1 Å². The predicted molar refractivity (Wildman–Crippen MR) is 155 cm³/mol. The first-order valence-electron chi connectivity index (χ1n) is 13.3. The molecule has 9 heteroatoms. The van der Waals surface area contributed by atoms with Crippen molar-refractivity contribution in [2.75, 3.05) is 5.32 Å². The molecule has 0 aromatic carbocycles. The van der Waals surface area contributed by atoms with Gasteiger partial charge >= 0.3 is 0 Å². The van der Waals surface area contributed by atoms with Gasteiger partial charge in [0, 0.05) is 35.2 Å². The highest BCUT2D eigenvalue weighted by Crippen LogP contribution is 2.35. The molecule has 0 unspecified atom stereocenters. The molecule has 194 valence electrons. The zero-order valence-corrected chi connectivity index (χ0v) is 22.1. The number of H-pyrrole nitrogens is 2. The van der Waals surface area contributed by atoms with Gasteiger partial charge in [0.25, 0.3) is 0 Å². The Kier molecular flexibility index (Phi) is 6.13. The number of rotatable bonds is 6. The van der Waals surface area contributed by atoms with Gasteiger partial charge in [-0.05, 0) is 71.0 Å². The van der Waals surface area contributed by atoms with E-state index in [1.165, 1.54) is 24.8 Å². The highest BCUT2D eigenvalue weighted by molar-refractivity contribution is 7.08. The number of fused-ring (bicyclic) bond motifs is 2. The van der Waals surface area contributed by atoms with E-state index in [1.54, 1.807) is 29.9 Å². The molecule has 0 radical (unpaired) electrons. The minimum atomic E-state index is 0.0515. The molecule has 6 aromatic rings. The fourth-order valence-corrected chi connectivity index (χ4v) is 6.27. The monoisotopic (exact) mass is 533 g/mol. The van der Waals surface area contributed by atoms with E-state index in [2.05, 4.69) is 58.3 Å². The minimum absolute atomic E-state index is 0.0515. The number of carbonyl (C=O) groups is 1. The molecule has 0 aliphatic heterocycles. The Bertz CT molecular complexity index is 1780. The molecule has 0 atom stereocenters. The van der Waals surface area contributed by atoms with Crippen molar-refractivity contribution in [3.05, 3.63) is 65.9 Å². The largest absolute Gasteiger partial charge is 0.338 e. The van der Waals surface area contributed by atoms with Crippen LogP contribution in [0.4, 0.5) is 5.69 Å². The molecule has 1 aliphatic carbocycles. The quantitative estimate of drug-likeness (QED) is 0.210. The number of nitrogens with one attached hydrogen (secondary N) is 3. The van der Waals surface area contributed by atoms with Crippen LogP contribution in [-0.4, -0.2) is 36.0 Å². The van der Waals surface area contributed by atoms with E-state index in [0.717, 1.165) is 63.0 Å². The second kappa shape index (κ2) is 10.1. The Labute approximate surface area is 228 Å². The molecule has 1 amide bonds. The van der Waals surface area contributed by atoms with Crippen molar-refractivity contribution in [3.8, 4) is 33.8 Å². The van der Waals surface area contributed by atoms with Crippen LogP contribution < -0.4 is 5.32 Å². The van der Waals surface area contributed by atoms with Gasteiger partial charge in [-0.25, -0.2) is 4.98 Å². The lowest BCUT2D eigenvalue weighted by Gasteiger charge is -2.20. The summed E-state index contributed by atoms with van der Waals surface area (Å²) in [6.07, 6.45) is 13.7. The third-order valence-electron chi connectivity index (χ3n) is 7.58. The van der Waals surface area contributed by atoms with Crippen LogP contribution in [0.15, 0.2) is 65.9 Å². The van der Waals surface area contributed by atoms with Gasteiger partial charge < -0.3 is 10.3 Å². The van der Waals surface area contributed by atoms with Crippen molar-refractivity contribution < 1.29 is 4.79 Å². The van der Waals surface area contributed by atoms with Crippen molar-refractivity contribution in [2.24, 2.45) is 5.92 Å². The molecule has 3 N–H and O–H groups in total. The summed E-state index contributed by atoms with van der Waals surface area (Å²) in [6.45, 7) is 0. The maximum absolute atomic E-state index is 12.7. The van der Waals surface area contributed by atoms with Crippen LogP contribution in [0.5, 0.6) is 0 Å². The summed E-state index contributed by atoms with van der Waals surface area (Å²) in [6, 6.07) is 10.2. The van der Waals surface area contributed by atoms with Crippen LogP contribution >= 0.6 is 11.3 Å². The normalized spacial score (nSPS) is 14.3. The summed E-state index contributed by atoms with van der Waals surface area (Å²) in [5.74, 6) is 0.537. The van der Waals surface area contributed by atoms with Crippen molar-refractivity contribution in [2.45, 2.75) is 38.5 Å². The summed E-state index contributed by atoms with van der Waals surface area (Å²) in [7, 11) is 0. The fourth-order valence-electron chi connectivity index (χ4n) is 5.62. The van der Waals surface area contributed by atoms with Gasteiger partial charge in [-0.1, -0.05) is 19.3 Å². The number of thiophene rings is 1. The van der Waals surface area contributed by atoms with E-state index in [-0.39, 0.29) is 5.91 Å². The smallest absolute Gasteiger partial charge is 0.224 e. The van der Waals surface area contributed by atoms with E-state index >= 15 is 0 Å². The Balaban J connectivity index is 1.19. The number of hydrogen-bond donors (Lipinski definition) is 3. The van der Waals surface area contributed by atoms with E-state index in [0.29, 0.717) is 18.0 Å². The Morgan fingerprint density at radius 1 is 1.00 bits per heavy atom. The number of aromatic amines is 2.